The third kappa shape index (κ3) is 3.17. The highest BCUT2D eigenvalue weighted by molar-refractivity contribution is 9.09. The van der Waals surface area contributed by atoms with Crippen LogP contribution in [-0.2, 0) is 10.0 Å². The van der Waals surface area contributed by atoms with Crippen molar-refractivity contribution in [3.63, 3.8) is 0 Å². The fraction of sp³-hybridized carbons (Fsp3) is 0.538. The first-order valence-electron chi connectivity index (χ1n) is 6.27. The zero-order valence-electron chi connectivity index (χ0n) is 10.8. The van der Waals surface area contributed by atoms with E-state index in [9.17, 15) is 12.8 Å². The molecule has 0 amide bonds. The molecule has 1 fully saturated rings. The molecule has 0 aliphatic carbocycles. The zero-order chi connectivity index (χ0) is 14.0. The van der Waals surface area contributed by atoms with E-state index in [1.54, 1.807) is 6.92 Å². The van der Waals surface area contributed by atoms with E-state index in [1.807, 2.05) is 0 Å². The van der Waals surface area contributed by atoms with Crippen molar-refractivity contribution >= 4 is 26.0 Å². The third-order valence-electron chi connectivity index (χ3n) is 3.47. The van der Waals surface area contributed by atoms with Crippen LogP contribution in [0.25, 0.3) is 0 Å². The summed E-state index contributed by atoms with van der Waals surface area (Å²) in [5.74, 6) is -0.185. The van der Waals surface area contributed by atoms with Gasteiger partial charge in [0.05, 0.1) is 4.90 Å². The molecule has 0 aromatic heterocycles. The summed E-state index contributed by atoms with van der Waals surface area (Å²) in [6, 6.07) is 3.91. The van der Waals surface area contributed by atoms with Crippen molar-refractivity contribution in [3.05, 3.63) is 29.6 Å². The van der Waals surface area contributed by atoms with Crippen LogP contribution in [0.3, 0.4) is 0 Å². The Hall–Kier alpha value is -0.460. The highest BCUT2D eigenvalue weighted by Crippen LogP contribution is 2.26. The Morgan fingerprint density at radius 2 is 2.21 bits per heavy atom. The lowest BCUT2D eigenvalue weighted by molar-refractivity contribution is 0.285. The summed E-state index contributed by atoms with van der Waals surface area (Å²) in [7, 11) is -3.59. The molecule has 106 valence electrons. The van der Waals surface area contributed by atoms with Crippen LogP contribution in [0.2, 0.25) is 0 Å². The first-order chi connectivity index (χ1) is 8.95. The van der Waals surface area contributed by atoms with Crippen LogP contribution >= 0.6 is 15.9 Å². The van der Waals surface area contributed by atoms with Gasteiger partial charge in [-0.1, -0.05) is 22.0 Å². The van der Waals surface area contributed by atoms with Crippen LogP contribution in [0.4, 0.5) is 4.39 Å². The SMILES string of the molecule is Cc1ccc(F)cc1S(=O)(=O)N1CCCC(CBr)C1. The average molecular weight is 350 g/mol. The lowest BCUT2D eigenvalue weighted by Crippen LogP contribution is -2.40. The standard InChI is InChI=1S/C13H17BrFNO2S/c1-10-4-5-12(15)7-13(10)19(17,18)16-6-2-3-11(8-14)9-16/h4-5,7,11H,2-3,6,8-9H2,1H3. The van der Waals surface area contributed by atoms with Crippen molar-refractivity contribution in [2.24, 2.45) is 5.92 Å². The van der Waals surface area contributed by atoms with Gasteiger partial charge in [0.25, 0.3) is 0 Å². The monoisotopic (exact) mass is 349 g/mol. The summed E-state index contributed by atoms with van der Waals surface area (Å²) < 4.78 is 39.9. The second kappa shape index (κ2) is 5.89. The topological polar surface area (TPSA) is 37.4 Å². The summed E-state index contributed by atoms with van der Waals surface area (Å²) in [6.07, 6.45) is 1.88. The maximum atomic E-state index is 13.3. The zero-order valence-corrected chi connectivity index (χ0v) is 13.2. The summed E-state index contributed by atoms with van der Waals surface area (Å²) in [5, 5.41) is 0.793. The van der Waals surface area contributed by atoms with E-state index in [0.717, 1.165) is 24.2 Å². The van der Waals surface area contributed by atoms with Gasteiger partial charge >= 0.3 is 0 Å². The molecule has 1 saturated heterocycles. The minimum absolute atomic E-state index is 0.0859. The Kier molecular flexibility index (Phi) is 4.63. The molecule has 1 unspecified atom stereocenters. The Balaban J connectivity index is 2.34. The van der Waals surface area contributed by atoms with Crippen molar-refractivity contribution < 1.29 is 12.8 Å². The van der Waals surface area contributed by atoms with Crippen molar-refractivity contribution in [2.75, 3.05) is 18.4 Å². The molecule has 1 atom stereocenters. The van der Waals surface area contributed by atoms with E-state index >= 15 is 0 Å². The predicted octanol–water partition coefficient (Wildman–Crippen LogP) is 2.93. The molecule has 1 aliphatic heterocycles. The van der Waals surface area contributed by atoms with Gasteiger partial charge in [-0.15, -0.1) is 0 Å². The average Bonchev–Trinajstić information content (AvgIpc) is 2.41. The highest BCUT2D eigenvalue weighted by atomic mass is 79.9. The number of rotatable bonds is 3. The minimum Gasteiger partial charge on any atom is -0.207 e. The first kappa shape index (κ1) is 14.9. The molecule has 0 radical (unpaired) electrons. The van der Waals surface area contributed by atoms with Crippen LogP contribution in [0.1, 0.15) is 18.4 Å². The smallest absolute Gasteiger partial charge is 0.207 e. The quantitative estimate of drug-likeness (QED) is 0.786. The molecule has 3 nitrogen and oxygen atoms in total. The lowest BCUT2D eigenvalue weighted by Gasteiger charge is -2.31. The second-order valence-electron chi connectivity index (χ2n) is 4.94. The molecule has 1 aliphatic rings. The van der Waals surface area contributed by atoms with Crippen molar-refractivity contribution in [2.45, 2.75) is 24.7 Å². The van der Waals surface area contributed by atoms with Gasteiger partial charge in [0.2, 0.25) is 10.0 Å². The van der Waals surface area contributed by atoms with Crippen LogP contribution in [0.15, 0.2) is 23.1 Å². The van der Waals surface area contributed by atoms with E-state index in [2.05, 4.69) is 15.9 Å². The van der Waals surface area contributed by atoms with Crippen molar-refractivity contribution in [3.8, 4) is 0 Å². The maximum absolute atomic E-state index is 13.3. The molecule has 0 N–H and O–H groups in total. The maximum Gasteiger partial charge on any atom is 0.243 e. The molecular weight excluding hydrogens is 333 g/mol. The molecule has 2 rings (SSSR count). The van der Waals surface area contributed by atoms with Gasteiger partial charge in [-0.05, 0) is 43.4 Å². The second-order valence-corrected chi connectivity index (χ2v) is 7.49. The Morgan fingerprint density at radius 1 is 1.47 bits per heavy atom. The van der Waals surface area contributed by atoms with Gasteiger partial charge in [-0.25, -0.2) is 12.8 Å². The van der Waals surface area contributed by atoms with Gasteiger partial charge in [-0.3, -0.25) is 0 Å². The number of alkyl halides is 1. The van der Waals surface area contributed by atoms with E-state index in [4.69, 9.17) is 0 Å². The molecule has 6 heteroatoms. The van der Waals surface area contributed by atoms with Gasteiger partial charge in [0, 0.05) is 18.4 Å². The summed E-state index contributed by atoms with van der Waals surface area (Å²) >= 11 is 3.41. The largest absolute Gasteiger partial charge is 0.243 e. The number of halogens is 2. The van der Waals surface area contributed by atoms with Crippen LogP contribution < -0.4 is 0 Å². The molecule has 0 bridgehead atoms. The van der Waals surface area contributed by atoms with Gasteiger partial charge in [0.1, 0.15) is 5.82 Å². The minimum atomic E-state index is -3.59. The Morgan fingerprint density at radius 3 is 2.89 bits per heavy atom. The molecule has 0 saturated carbocycles. The first-order valence-corrected chi connectivity index (χ1v) is 8.83. The summed E-state index contributed by atoms with van der Waals surface area (Å²) in [6.45, 7) is 2.71. The predicted molar refractivity (Wildman–Crippen MR) is 76.4 cm³/mol. The molecule has 0 spiro atoms. The number of piperidine rings is 1. The number of hydrogen-bond acceptors (Lipinski definition) is 2. The number of sulfonamides is 1. The number of hydrogen-bond donors (Lipinski definition) is 0. The molecular formula is C13H17BrFNO2S. The molecule has 19 heavy (non-hydrogen) atoms. The number of benzene rings is 1. The Bertz CT molecular complexity index is 562. The summed E-state index contributed by atoms with van der Waals surface area (Å²) in [5.41, 5.74) is 0.586. The summed E-state index contributed by atoms with van der Waals surface area (Å²) in [4.78, 5) is 0.0859. The van der Waals surface area contributed by atoms with Crippen LogP contribution in [0.5, 0.6) is 0 Å². The Labute approximate surface area is 122 Å². The normalized spacial score (nSPS) is 21.5. The van der Waals surface area contributed by atoms with Gasteiger partial charge in [-0.2, -0.15) is 4.31 Å². The molecule has 1 aromatic rings. The van der Waals surface area contributed by atoms with Gasteiger partial charge < -0.3 is 0 Å². The van der Waals surface area contributed by atoms with E-state index in [0.29, 0.717) is 24.6 Å². The fourth-order valence-corrected chi connectivity index (χ4v) is 4.68. The van der Waals surface area contributed by atoms with E-state index < -0.39 is 15.8 Å². The number of nitrogens with zero attached hydrogens (tertiary/aromatic N) is 1. The van der Waals surface area contributed by atoms with Crippen LogP contribution in [0, 0.1) is 18.7 Å². The third-order valence-corrected chi connectivity index (χ3v) is 6.39. The van der Waals surface area contributed by atoms with E-state index in [1.165, 1.54) is 16.4 Å². The van der Waals surface area contributed by atoms with Crippen molar-refractivity contribution in [1.82, 2.24) is 4.31 Å². The van der Waals surface area contributed by atoms with Crippen LogP contribution in [-0.4, -0.2) is 31.1 Å². The highest BCUT2D eigenvalue weighted by Gasteiger charge is 2.30. The number of aryl methyl sites for hydroxylation is 1. The fourth-order valence-electron chi connectivity index (χ4n) is 2.36. The van der Waals surface area contributed by atoms with E-state index in [-0.39, 0.29) is 4.90 Å². The lowest BCUT2D eigenvalue weighted by atomic mass is 10.0. The molecule has 1 heterocycles. The van der Waals surface area contributed by atoms with Gasteiger partial charge in [0.15, 0.2) is 0 Å². The van der Waals surface area contributed by atoms with Crippen molar-refractivity contribution in [1.29, 1.82) is 0 Å². The molecule has 1 aromatic carbocycles.